The normalized spacial score (nSPS) is 9.75. The van der Waals surface area contributed by atoms with Crippen molar-refractivity contribution < 1.29 is 4.79 Å². The van der Waals surface area contributed by atoms with Crippen molar-refractivity contribution in [2.75, 3.05) is 0 Å². The molecule has 0 unspecified atom stereocenters. The van der Waals surface area contributed by atoms with Crippen molar-refractivity contribution in [1.82, 2.24) is 5.73 Å². The van der Waals surface area contributed by atoms with Gasteiger partial charge in [0.05, 0.1) is 0 Å². The second-order valence-corrected chi connectivity index (χ2v) is 3.80. The topological polar surface area (TPSA) is 40.9 Å². The number of hydrogen-bond acceptors (Lipinski definition) is 1. The van der Waals surface area contributed by atoms with Gasteiger partial charge in [0.1, 0.15) is 0 Å². The van der Waals surface area contributed by atoms with Crippen molar-refractivity contribution in [3.63, 3.8) is 0 Å². The second kappa shape index (κ2) is 4.45. The summed E-state index contributed by atoms with van der Waals surface area (Å²) in [7, 11) is 0. The van der Waals surface area contributed by atoms with Crippen LogP contribution in [0.4, 0.5) is 0 Å². The van der Waals surface area contributed by atoms with E-state index < -0.39 is 5.91 Å². The van der Waals surface area contributed by atoms with Gasteiger partial charge < -0.3 is 0 Å². The lowest BCUT2D eigenvalue weighted by molar-refractivity contribution is -0.118. The van der Waals surface area contributed by atoms with E-state index in [1.807, 2.05) is 24.3 Å². The number of nitrogens with one attached hydrogen (secondary N) is 1. The third-order valence-corrected chi connectivity index (χ3v) is 2.27. The van der Waals surface area contributed by atoms with Crippen LogP contribution < -0.4 is 5.73 Å². The fourth-order valence-corrected chi connectivity index (χ4v) is 1.27. The third-order valence-electron chi connectivity index (χ3n) is 1.55. The average Bonchev–Trinajstić information content (AvgIpc) is 2.03. The van der Waals surface area contributed by atoms with Crippen molar-refractivity contribution in [2.45, 2.75) is 12.8 Å². The summed E-state index contributed by atoms with van der Waals surface area (Å²) in [6.07, 6.45) is 1.000. The van der Waals surface area contributed by atoms with Gasteiger partial charge in [-0.3, -0.25) is 10.5 Å². The maximum atomic E-state index is 10.3. The second-order valence-electron chi connectivity index (χ2n) is 2.55. The maximum Gasteiger partial charge on any atom is 0.238 e. The Bertz CT molecular complexity index is 268. The summed E-state index contributed by atoms with van der Waals surface area (Å²) in [6, 6.07) is 7.99. The van der Waals surface area contributed by atoms with Crippen LogP contribution in [0, 0.1) is 3.57 Å². The molecule has 0 bridgehead atoms. The van der Waals surface area contributed by atoms with Gasteiger partial charge in [0.15, 0.2) is 0 Å². The summed E-state index contributed by atoms with van der Waals surface area (Å²) in [6.45, 7) is 0. The SMILES string of the molecule is [NH]C(=O)CCc1ccc(I)cc1. The van der Waals surface area contributed by atoms with E-state index >= 15 is 0 Å². The number of hydrogen-bond donors (Lipinski definition) is 0. The highest BCUT2D eigenvalue weighted by molar-refractivity contribution is 14.1. The zero-order chi connectivity index (χ0) is 8.97. The van der Waals surface area contributed by atoms with Crippen LogP contribution in [0.1, 0.15) is 12.0 Å². The van der Waals surface area contributed by atoms with E-state index in [4.69, 9.17) is 5.73 Å². The number of halogens is 1. The zero-order valence-electron chi connectivity index (χ0n) is 6.51. The van der Waals surface area contributed by atoms with Crippen LogP contribution in [-0.2, 0) is 11.2 Å². The maximum absolute atomic E-state index is 10.3. The molecular weight excluding hydrogens is 265 g/mol. The van der Waals surface area contributed by atoms with E-state index in [1.54, 1.807) is 0 Å². The highest BCUT2D eigenvalue weighted by Crippen LogP contribution is 2.08. The Hall–Kier alpha value is -0.580. The number of amides is 1. The lowest BCUT2D eigenvalue weighted by Crippen LogP contribution is -1.99. The quantitative estimate of drug-likeness (QED) is 0.777. The van der Waals surface area contributed by atoms with Gasteiger partial charge >= 0.3 is 0 Å². The number of aryl methyl sites for hydroxylation is 1. The fraction of sp³-hybridized carbons (Fsp3) is 0.222. The molecule has 2 nitrogen and oxygen atoms in total. The molecule has 0 aliphatic carbocycles. The lowest BCUT2D eigenvalue weighted by Gasteiger charge is -1.97. The molecule has 3 heteroatoms. The van der Waals surface area contributed by atoms with Gasteiger partial charge in [0, 0.05) is 9.99 Å². The minimum absolute atomic E-state index is 0.320. The number of rotatable bonds is 3. The van der Waals surface area contributed by atoms with Crippen LogP contribution in [0.15, 0.2) is 24.3 Å². The molecular formula is C9H9INO. The van der Waals surface area contributed by atoms with E-state index in [-0.39, 0.29) is 0 Å². The van der Waals surface area contributed by atoms with Gasteiger partial charge in [-0.25, -0.2) is 0 Å². The lowest BCUT2D eigenvalue weighted by atomic mass is 10.1. The molecule has 0 aromatic heterocycles. The molecule has 0 saturated heterocycles. The Morgan fingerprint density at radius 3 is 2.42 bits per heavy atom. The number of carbonyl (C=O) groups is 1. The van der Waals surface area contributed by atoms with Crippen LogP contribution in [0.5, 0.6) is 0 Å². The van der Waals surface area contributed by atoms with Crippen molar-refractivity contribution in [3.05, 3.63) is 33.4 Å². The van der Waals surface area contributed by atoms with Gasteiger partial charge in [-0.05, 0) is 46.7 Å². The van der Waals surface area contributed by atoms with Crippen LogP contribution in [0.2, 0.25) is 0 Å². The van der Waals surface area contributed by atoms with Gasteiger partial charge in [-0.1, -0.05) is 12.1 Å². The van der Waals surface area contributed by atoms with Crippen LogP contribution in [0.25, 0.3) is 0 Å². The first-order valence-corrected chi connectivity index (χ1v) is 4.75. The molecule has 12 heavy (non-hydrogen) atoms. The predicted octanol–water partition coefficient (Wildman–Crippen LogP) is 2.03. The minimum atomic E-state index is -0.492. The van der Waals surface area contributed by atoms with E-state index in [0.29, 0.717) is 12.8 Å². The smallest absolute Gasteiger partial charge is 0.238 e. The van der Waals surface area contributed by atoms with Crippen LogP contribution in [0.3, 0.4) is 0 Å². The first-order valence-electron chi connectivity index (χ1n) is 3.67. The highest BCUT2D eigenvalue weighted by Gasteiger charge is 1.97. The first kappa shape index (κ1) is 9.51. The molecule has 1 aromatic rings. The molecule has 1 N–H and O–H groups in total. The molecule has 1 radical (unpaired) electrons. The van der Waals surface area contributed by atoms with Gasteiger partial charge in [-0.2, -0.15) is 0 Å². The Morgan fingerprint density at radius 1 is 1.33 bits per heavy atom. The molecule has 0 fully saturated rings. The number of benzene rings is 1. The molecule has 1 amide bonds. The Kier molecular flexibility index (Phi) is 3.52. The first-order chi connectivity index (χ1) is 5.68. The van der Waals surface area contributed by atoms with Crippen molar-refractivity contribution in [3.8, 4) is 0 Å². The standard InChI is InChI=1S/C9H9INO/c10-8-4-1-7(2-5-8)3-6-9(11)12/h1-2,4-5,11H,3,6H2. The van der Waals surface area contributed by atoms with Gasteiger partial charge in [0.25, 0.3) is 0 Å². The molecule has 0 saturated carbocycles. The zero-order valence-corrected chi connectivity index (χ0v) is 8.67. The average molecular weight is 274 g/mol. The van der Waals surface area contributed by atoms with E-state index in [0.717, 1.165) is 5.56 Å². The third kappa shape index (κ3) is 3.21. The fourth-order valence-electron chi connectivity index (χ4n) is 0.909. The van der Waals surface area contributed by atoms with Crippen LogP contribution in [-0.4, -0.2) is 5.91 Å². The molecule has 0 heterocycles. The number of carbonyl (C=O) groups excluding carboxylic acids is 1. The summed E-state index contributed by atoms with van der Waals surface area (Å²) >= 11 is 2.23. The summed E-state index contributed by atoms with van der Waals surface area (Å²) in [4.78, 5) is 10.3. The van der Waals surface area contributed by atoms with Crippen molar-refractivity contribution >= 4 is 28.5 Å². The highest BCUT2D eigenvalue weighted by atomic mass is 127. The summed E-state index contributed by atoms with van der Waals surface area (Å²) in [5.41, 5.74) is 7.85. The summed E-state index contributed by atoms with van der Waals surface area (Å²) in [5.74, 6) is -0.492. The van der Waals surface area contributed by atoms with Crippen molar-refractivity contribution in [2.24, 2.45) is 0 Å². The van der Waals surface area contributed by atoms with E-state index in [9.17, 15) is 4.79 Å². The van der Waals surface area contributed by atoms with E-state index in [1.165, 1.54) is 3.57 Å². The Balaban J connectivity index is 2.53. The molecule has 63 valence electrons. The van der Waals surface area contributed by atoms with E-state index in [2.05, 4.69) is 22.6 Å². The van der Waals surface area contributed by atoms with Gasteiger partial charge in [0.2, 0.25) is 5.91 Å². The van der Waals surface area contributed by atoms with Crippen LogP contribution >= 0.6 is 22.6 Å². The molecule has 0 spiro atoms. The summed E-state index contributed by atoms with van der Waals surface area (Å²) in [5, 5.41) is 0. The Morgan fingerprint density at radius 2 is 1.92 bits per heavy atom. The largest absolute Gasteiger partial charge is 0.273 e. The van der Waals surface area contributed by atoms with Crippen molar-refractivity contribution in [1.29, 1.82) is 0 Å². The molecule has 1 rings (SSSR count). The summed E-state index contributed by atoms with van der Waals surface area (Å²) < 4.78 is 1.19. The molecule has 0 aliphatic heterocycles. The molecule has 1 aromatic carbocycles. The monoisotopic (exact) mass is 274 g/mol. The predicted molar refractivity (Wildman–Crippen MR) is 55.6 cm³/mol. The minimum Gasteiger partial charge on any atom is -0.273 e. The molecule has 0 aliphatic rings. The Labute approximate surface area is 85.3 Å². The van der Waals surface area contributed by atoms with Gasteiger partial charge in [-0.15, -0.1) is 0 Å². The molecule has 0 atom stereocenters.